The van der Waals surface area contributed by atoms with Crippen molar-refractivity contribution in [1.29, 1.82) is 0 Å². The predicted octanol–water partition coefficient (Wildman–Crippen LogP) is 3.88. The van der Waals surface area contributed by atoms with E-state index in [-0.39, 0.29) is 0 Å². The van der Waals surface area contributed by atoms with Gasteiger partial charge < -0.3 is 0 Å². The van der Waals surface area contributed by atoms with Crippen molar-refractivity contribution in [3.8, 4) is 10.4 Å². The van der Waals surface area contributed by atoms with E-state index >= 15 is 0 Å². The average molecular weight is 254 g/mol. The van der Waals surface area contributed by atoms with Crippen LogP contribution in [-0.2, 0) is 0 Å². The van der Waals surface area contributed by atoms with Crippen molar-refractivity contribution in [3.05, 3.63) is 39.9 Å². The van der Waals surface area contributed by atoms with Crippen molar-refractivity contribution in [1.82, 2.24) is 4.98 Å². The van der Waals surface area contributed by atoms with Gasteiger partial charge in [-0.1, -0.05) is 29.8 Å². The van der Waals surface area contributed by atoms with E-state index in [4.69, 9.17) is 0 Å². The van der Waals surface area contributed by atoms with E-state index in [0.717, 1.165) is 4.60 Å². The number of aromatic nitrogens is 1. The third kappa shape index (κ3) is 1.81. The first-order valence-corrected chi connectivity index (χ1v) is 5.60. The maximum Gasteiger partial charge on any atom is 0.124 e. The average Bonchev–Trinajstić information content (AvgIpc) is 2.51. The summed E-state index contributed by atoms with van der Waals surface area (Å²) in [6, 6.07) is 8.43. The molecule has 0 N–H and O–H groups in total. The highest BCUT2D eigenvalue weighted by Crippen LogP contribution is 2.31. The SMILES string of the molecule is Cc1cccc(-c2scnc2Br)c1. The summed E-state index contributed by atoms with van der Waals surface area (Å²) >= 11 is 5.08. The summed E-state index contributed by atoms with van der Waals surface area (Å²) < 4.78 is 0.933. The quantitative estimate of drug-likeness (QED) is 0.752. The second-order valence-electron chi connectivity index (χ2n) is 2.84. The molecular weight excluding hydrogens is 246 g/mol. The first kappa shape index (κ1) is 8.91. The smallest absolute Gasteiger partial charge is 0.124 e. The molecule has 1 aromatic carbocycles. The lowest BCUT2D eigenvalue weighted by molar-refractivity contribution is 1.36. The Morgan fingerprint density at radius 2 is 2.23 bits per heavy atom. The lowest BCUT2D eigenvalue weighted by Crippen LogP contribution is -1.76. The van der Waals surface area contributed by atoms with Gasteiger partial charge in [0.2, 0.25) is 0 Å². The van der Waals surface area contributed by atoms with E-state index in [0.29, 0.717) is 0 Å². The number of benzene rings is 1. The van der Waals surface area contributed by atoms with Crippen molar-refractivity contribution in [2.24, 2.45) is 0 Å². The van der Waals surface area contributed by atoms with Gasteiger partial charge in [-0.25, -0.2) is 4.98 Å². The molecule has 1 heterocycles. The number of nitrogens with zero attached hydrogens (tertiary/aromatic N) is 1. The summed E-state index contributed by atoms with van der Waals surface area (Å²) in [4.78, 5) is 5.36. The lowest BCUT2D eigenvalue weighted by atomic mass is 10.1. The fourth-order valence-corrected chi connectivity index (χ4v) is 2.63. The van der Waals surface area contributed by atoms with Crippen molar-refractivity contribution < 1.29 is 0 Å². The topological polar surface area (TPSA) is 12.9 Å². The number of rotatable bonds is 1. The molecule has 3 heteroatoms. The van der Waals surface area contributed by atoms with Crippen LogP contribution in [-0.4, -0.2) is 4.98 Å². The van der Waals surface area contributed by atoms with Crippen LogP contribution < -0.4 is 0 Å². The molecule has 0 bridgehead atoms. The second-order valence-corrected chi connectivity index (χ2v) is 4.45. The van der Waals surface area contributed by atoms with E-state index in [1.54, 1.807) is 11.3 Å². The van der Waals surface area contributed by atoms with Crippen LogP contribution in [0.4, 0.5) is 0 Å². The Morgan fingerprint density at radius 1 is 1.38 bits per heavy atom. The van der Waals surface area contributed by atoms with Crippen LogP contribution in [0.5, 0.6) is 0 Å². The van der Waals surface area contributed by atoms with Gasteiger partial charge in [0, 0.05) is 0 Å². The molecular formula is C10H8BrNS. The van der Waals surface area contributed by atoms with Crippen LogP contribution in [0, 0.1) is 6.92 Å². The molecule has 0 atom stereocenters. The van der Waals surface area contributed by atoms with E-state index in [2.05, 4.69) is 52.1 Å². The maximum absolute atomic E-state index is 4.16. The van der Waals surface area contributed by atoms with Crippen molar-refractivity contribution >= 4 is 27.3 Å². The molecule has 2 aromatic rings. The van der Waals surface area contributed by atoms with Crippen LogP contribution in [0.25, 0.3) is 10.4 Å². The normalized spacial score (nSPS) is 10.3. The zero-order valence-electron chi connectivity index (χ0n) is 7.12. The Kier molecular flexibility index (Phi) is 2.47. The Bertz CT molecular complexity index is 422. The fraction of sp³-hybridized carbons (Fsp3) is 0.100. The molecule has 66 valence electrons. The lowest BCUT2D eigenvalue weighted by Gasteiger charge is -1.98. The summed E-state index contributed by atoms with van der Waals surface area (Å²) in [7, 11) is 0. The minimum absolute atomic E-state index is 0.933. The van der Waals surface area contributed by atoms with Crippen molar-refractivity contribution in [3.63, 3.8) is 0 Å². The van der Waals surface area contributed by atoms with Crippen LogP contribution in [0.1, 0.15) is 5.56 Å². The third-order valence-electron chi connectivity index (χ3n) is 1.80. The first-order valence-electron chi connectivity index (χ1n) is 3.93. The largest absolute Gasteiger partial charge is 0.237 e. The molecule has 0 aliphatic rings. The molecule has 2 rings (SSSR count). The molecule has 0 saturated heterocycles. The molecule has 0 saturated carbocycles. The molecule has 0 radical (unpaired) electrons. The van der Waals surface area contributed by atoms with Crippen LogP contribution >= 0.6 is 27.3 Å². The highest BCUT2D eigenvalue weighted by Gasteiger charge is 2.04. The second kappa shape index (κ2) is 3.60. The highest BCUT2D eigenvalue weighted by molar-refractivity contribution is 9.10. The minimum atomic E-state index is 0.933. The number of hydrogen-bond acceptors (Lipinski definition) is 2. The summed E-state index contributed by atoms with van der Waals surface area (Å²) in [6.45, 7) is 2.10. The minimum Gasteiger partial charge on any atom is -0.237 e. The van der Waals surface area contributed by atoms with Gasteiger partial charge in [0.05, 0.1) is 10.4 Å². The summed E-state index contributed by atoms with van der Waals surface area (Å²) in [5.74, 6) is 0. The monoisotopic (exact) mass is 253 g/mol. The number of hydrogen-bond donors (Lipinski definition) is 0. The van der Waals surface area contributed by atoms with Gasteiger partial charge in [0.1, 0.15) is 4.60 Å². The predicted molar refractivity (Wildman–Crippen MR) is 60.0 cm³/mol. The van der Waals surface area contributed by atoms with Gasteiger partial charge in [0.25, 0.3) is 0 Å². The molecule has 0 aliphatic carbocycles. The summed E-state index contributed by atoms with van der Waals surface area (Å²) in [5, 5.41) is 0. The molecule has 0 amide bonds. The van der Waals surface area contributed by atoms with Gasteiger partial charge in [0.15, 0.2) is 0 Å². The Labute approximate surface area is 89.6 Å². The van der Waals surface area contributed by atoms with E-state index in [9.17, 15) is 0 Å². The number of thiazole rings is 1. The van der Waals surface area contributed by atoms with Gasteiger partial charge in [-0.15, -0.1) is 11.3 Å². The standard InChI is InChI=1S/C10H8BrNS/c1-7-3-2-4-8(5-7)9-10(11)12-6-13-9/h2-6H,1H3. The van der Waals surface area contributed by atoms with Crippen molar-refractivity contribution in [2.45, 2.75) is 6.92 Å². The zero-order valence-corrected chi connectivity index (χ0v) is 9.52. The maximum atomic E-state index is 4.16. The van der Waals surface area contributed by atoms with Gasteiger partial charge in [-0.3, -0.25) is 0 Å². The number of aryl methyl sites for hydroxylation is 1. The number of halogens is 1. The van der Waals surface area contributed by atoms with E-state index < -0.39 is 0 Å². The summed E-state index contributed by atoms with van der Waals surface area (Å²) in [5.41, 5.74) is 4.36. The Balaban J connectivity index is 2.53. The van der Waals surface area contributed by atoms with E-state index in [1.807, 2.05) is 5.51 Å². The Hall–Kier alpha value is -0.670. The van der Waals surface area contributed by atoms with Gasteiger partial charge in [-0.2, -0.15) is 0 Å². The molecule has 0 unspecified atom stereocenters. The first-order chi connectivity index (χ1) is 6.27. The third-order valence-corrected chi connectivity index (χ3v) is 3.54. The fourth-order valence-electron chi connectivity index (χ4n) is 1.21. The van der Waals surface area contributed by atoms with Crippen LogP contribution in [0.2, 0.25) is 0 Å². The highest BCUT2D eigenvalue weighted by atomic mass is 79.9. The van der Waals surface area contributed by atoms with Crippen LogP contribution in [0.15, 0.2) is 34.4 Å². The molecule has 1 nitrogen and oxygen atoms in total. The van der Waals surface area contributed by atoms with E-state index in [1.165, 1.54) is 16.0 Å². The van der Waals surface area contributed by atoms with Gasteiger partial charge in [-0.05, 0) is 28.4 Å². The van der Waals surface area contributed by atoms with Crippen molar-refractivity contribution in [2.75, 3.05) is 0 Å². The Morgan fingerprint density at radius 3 is 2.85 bits per heavy atom. The van der Waals surface area contributed by atoms with Crippen LogP contribution in [0.3, 0.4) is 0 Å². The molecule has 0 spiro atoms. The summed E-state index contributed by atoms with van der Waals surface area (Å²) in [6.07, 6.45) is 0. The van der Waals surface area contributed by atoms with Gasteiger partial charge >= 0.3 is 0 Å². The zero-order chi connectivity index (χ0) is 9.26. The molecule has 0 aliphatic heterocycles. The molecule has 1 aromatic heterocycles. The molecule has 13 heavy (non-hydrogen) atoms. The molecule has 0 fully saturated rings.